The monoisotopic (exact) mass is 475 g/mol. The maximum Gasteiger partial charge on any atom is 0.337 e. The first-order valence-electron chi connectivity index (χ1n) is 12.7. The van der Waals surface area contributed by atoms with Gasteiger partial charge in [0.2, 0.25) is 0 Å². The molecule has 7 nitrogen and oxygen atoms in total. The van der Waals surface area contributed by atoms with Crippen LogP contribution in [0.5, 0.6) is 0 Å². The van der Waals surface area contributed by atoms with E-state index in [4.69, 9.17) is 0 Å². The Balaban J connectivity index is 0.000000243. The van der Waals surface area contributed by atoms with Crippen molar-refractivity contribution >= 4 is 5.97 Å². The lowest BCUT2D eigenvalue weighted by atomic mass is 9.91. The van der Waals surface area contributed by atoms with Crippen LogP contribution in [0.2, 0.25) is 0 Å². The summed E-state index contributed by atoms with van der Waals surface area (Å²) in [6.45, 7) is 7.87. The van der Waals surface area contributed by atoms with Gasteiger partial charge < -0.3 is 9.30 Å². The van der Waals surface area contributed by atoms with Crippen LogP contribution in [0.3, 0.4) is 0 Å². The summed E-state index contributed by atoms with van der Waals surface area (Å²) in [5.41, 5.74) is 1.88. The van der Waals surface area contributed by atoms with E-state index >= 15 is 0 Å². The molecule has 2 aromatic carbocycles. The fourth-order valence-corrected chi connectivity index (χ4v) is 4.81. The molecule has 3 aromatic rings. The van der Waals surface area contributed by atoms with Crippen LogP contribution < -0.4 is 0 Å². The Morgan fingerprint density at radius 1 is 0.971 bits per heavy atom. The summed E-state index contributed by atoms with van der Waals surface area (Å²) >= 11 is 0. The first kappa shape index (κ1) is 25.1. The van der Waals surface area contributed by atoms with E-state index in [1.54, 1.807) is 24.3 Å². The first-order valence-corrected chi connectivity index (χ1v) is 12.7. The van der Waals surface area contributed by atoms with Gasteiger partial charge in [-0.3, -0.25) is 9.80 Å². The minimum Gasteiger partial charge on any atom is -0.465 e. The number of nitrogens with zero attached hydrogens (tertiary/aromatic N) is 5. The molecule has 0 amide bonds. The Labute approximate surface area is 208 Å². The van der Waals surface area contributed by atoms with Gasteiger partial charge in [-0.1, -0.05) is 55.0 Å². The number of hydrogen-bond donors (Lipinski definition) is 0. The highest BCUT2D eigenvalue weighted by Gasteiger charge is 2.29. The number of carbonyl (C=O) groups excluding carboxylic acids is 1. The molecule has 0 bridgehead atoms. The molecule has 1 aliphatic heterocycles. The van der Waals surface area contributed by atoms with Crippen molar-refractivity contribution in [1.29, 1.82) is 0 Å². The average Bonchev–Trinajstić information content (AvgIpc) is 3.20. The third-order valence-corrected chi connectivity index (χ3v) is 7.11. The summed E-state index contributed by atoms with van der Waals surface area (Å²) < 4.78 is 6.70. The third kappa shape index (κ3) is 6.77. The molecule has 2 heterocycles. The first-order chi connectivity index (χ1) is 17.2. The lowest BCUT2D eigenvalue weighted by molar-refractivity contribution is 0.0600. The Hall–Kier alpha value is -3.03. The Morgan fingerprint density at radius 3 is 2.34 bits per heavy atom. The minimum absolute atomic E-state index is 0.291. The molecule has 1 unspecified atom stereocenters. The third-order valence-electron chi connectivity index (χ3n) is 7.11. The SMILES string of the molecule is CC(c1nncn1Cc1ccccc1)N1CCCN(C2CCC2)CC1.COC(=O)c1ccccc1. The van der Waals surface area contributed by atoms with Crippen molar-refractivity contribution in [2.75, 3.05) is 33.3 Å². The Kier molecular flexibility index (Phi) is 9.03. The van der Waals surface area contributed by atoms with Crippen LogP contribution in [0, 0.1) is 0 Å². The molecule has 2 fully saturated rings. The highest BCUT2D eigenvalue weighted by Crippen LogP contribution is 2.27. The van der Waals surface area contributed by atoms with E-state index in [9.17, 15) is 4.79 Å². The second-order valence-corrected chi connectivity index (χ2v) is 9.35. The fourth-order valence-electron chi connectivity index (χ4n) is 4.81. The molecule has 7 heteroatoms. The fraction of sp³-hybridized carbons (Fsp3) is 0.464. The van der Waals surface area contributed by atoms with Crippen LogP contribution in [0.1, 0.15) is 60.4 Å². The van der Waals surface area contributed by atoms with E-state index < -0.39 is 0 Å². The standard InChI is InChI=1S/C20H29N5.C8H8O2/c1-17(23-11-6-12-24(14-13-23)19-9-5-10-19)20-22-21-16-25(20)15-18-7-3-2-4-8-18;1-10-8(9)7-5-3-2-4-6-7/h2-4,7-8,16-17,19H,5-6,9-15H2,1H3;2-6H,1H3. The number of ether oxygens (including phenoxy) is 1. The number of benzene rings is 2. The quantitative estimate of drug-likeness (QED) is 0.492. The summed E-state index contributed by atoms with van der Waals surface area (Å²) in [7, 11) is 1.37. The molecule has 2 aliphatic rings. The molecule has 1 aliphatic carbocycles. The molecule has 186 valence electrons. The van der Waals surface area contributed by atoms with Gasteiger partial charge in [0.25, 0.3) is 0 Å². The van der Waals surface area contributed by atoms with Gasteiger partial charge in [0.1, 0.15) is 12.2 Å². The van der Waals surface area contributed by atoms with E-state index in [1.807, 2.05) is 12.4 Å². The number of carbonyl (C=O) groups is 1. The van der Waals surface area contributed by atoms with Crippen molar-refractivity contribution in [2.45, 2.75) is 51.2 Å². The Morgan fingerprint density at radius 2 is 1.69 bits per heavy atom. The molecule has 0 N–H and O–H groups in total. The number of methoxy groups -OCH3 is 1. The summed E-state index contributed by atoms with van der Waals surface area (Å²) in [4.78, 5) is 16.1. The number of rotatable bonds is 6. The van der Waals surface area contributed by atoms with E-state index in [1.165, 1.54) is 51.4 Å². The summed E-state index contributed by atoms with van der Waals surface area (Å²) in [5, 5.41) is 8.66. The lowest BCUT2D eigenvalue weighted by Gasteiger charge is -2.37. The van der Waals surface area contributed by atoms with Gasteiger partial charge in [0, 0.05) is 25.7 Å². The zero-order chi connectivity index (χ0) is 24.5. The zero-order valence-electron chi connectivity index (χ0n) is 20.9. The molecule has 1 saturated carbocycles. The molecule has 0 spiro atoms. The predicted molar refractivity (Wildman–Crippen MR) is 137 cm³/mol. The molecule has 1 saturated heterocycles. The zero-order valence-corrected chi connectivity index (χ0v) is 20.9. The molecule has 1 aromatic heterocycles. The number of esters is 1. The summed E-state index contributed by atoms with van der Waals surface area (Å²) in [6.07, 6.45) is 7.36. The van der Waals surface area contributed by atoms with E-state index in [0.717, 1.165) is 31.5 Å². The minimum atomic E-state index is -0.291. The van der Waals surface area contributed by atoms with E-state index in [-0.39, 0.29) is 5.97 Å². The van der Waals surface area contributed by atoms with Gasteiger partial charge in [-0.2, -0.15) is 0 Å². The molecule has 5 rings (SSSR count). The predicted octanol–water partition coefficient (Wildman–Crippen LogP) is 4.42. The molecule has 0 radical (unpaired) electrons. The van der Waals surface area contributed by atoms with Gasteiger partial charge in [-0.15, -0.1) is 10.2 Å². The van der Waals surface area contributed by atoms with Crippen molar-refractivity contribution < 1.29 is 9.53 Å². The van der Waals surface area contributed by atoms with Crippen LogP contribution in [0.4, 0.5) is 0 Å². The van der Waals surface area contributed by atoms with Crippen molar-refractivity contribution in [2.24, 2.45) is 0 Å². The van der Waals surface area contributed by atoms with Crippen LogP contribution in [0.25, 0.3) is 0 Å². The van der Waals surface area contributed by atoms with Crippen LogP contribution in [0.15, 0.2) is 67.0 Å². The molecular formula is C28H37N5O2. The van der Waals surface area contributed by atoms with Gasteiger partial charge in [0.05, 0.1) is 25.3 Å². The largest absolute Gasteiger partial charge is 0.465 e. The van der Waals surface area contributed by atoms with Crippen molar-refractivity contribution in [1.82, 2.24) is 24.6 Å². The molecule has 1 atom stereocenters. The number of aromatic nitrogens is 3. The van der Waals surface area contributed by atoms with Crippen LogP contribution in [-0.4, -0.2) is 69.9 Å². The second kappa shape index (κ2) is 12.6. The van der Waals surface area contributed by atoms with Crippen LogP contribution >= 0.6 is 0 Å². The molecular weight excluding hydrogens is 438 g/mol. The highest BCUT2D eigenvalue weighted by molar-refractivity contribution is 5.89. The van der Waals surface area contributed by atoms with E-state index in [0.29, 0.717) is 11.6 Å². The smallest absolute Gasteiger partial charge is 0.337 e. The van der Waals surface area contributed by atoms with Gasteiger partial charge in [-0.05, 0) is 50.4 Å². The van der Waals surface area contributed by atoms with Gasteiger partial charge in [0.15, 0.2) is 0 Å². The Bertz CT molecular complexity index is 1040. The van der Waals surface area contributed by atoms with Crippen LogP contribution in [-0.2, 0) is 11.3 Å². The van der Waals surface area contributed by atoms with Crippen molar-refractivity contribution in [3.63, 3.8) is 0 Å². The van der Waals surface area contributed by atoms with Crippen molar-refractivity contribution in [3.8, 4) is 0 Å². The topological polar surface area (TPSA) is 63.5 Å². The normalized spacial score (nSPS) is 18.0. The highest BCUT2D eigenvalue weighted by atomic mass is 16.5. The average molecular weight is 476 g/mol. The molecule has 35 heavy (non-hydrogen) atoms. The lowest BCUT2D eigenvalue weighted by Crippen LogP contribution is -2.42. The van der Waals surface area contributed by atoms with Crippen molar-refractivity contribution in [3.05, 3.63) is 83.9 Å². The number of hydrogen-bond acceptors (Lipinski definition) is 6. The summed E-state index contributed by atoms with van der Waals surface area (Å²) in [6, 6.07) is 20.6. The van der Waals surface area contributed by atoms with Gasteiger partial charge >= 0.3 is 5.97 Å². The maximum absolute atomic E-state index is 10.8. The van der Waals surface area contributed by atoms with E-state index in [2.05, 4.69) is 66.6 Å². The maximum atomic E-state index is 10.8. The summed E-state index contributed by atoms with van der Waals surface area (Å²) in [5.74, 6) is 0.793. The van der Waals surface area contributed by atoms with Gasteiger partial charge in [-0.25, -0.2) is 4.79 Å². The second-order valence-electron chi connectivity index (χ2n) is 9.35.